The molecule has 1 fully saturated rings. The highest BCUT2D eigenvalue weighted by atomic mass is 16.2. The van der Waals surface area contributed by atoms with E-state index < -0.39 is 0 Å². The van der Waals surface area contributed by atoms with Crippen molar-refractivity contribution in [2.45, 2.75) is 32.1 Å². The van der Waals surface area contributed by atoms with Crippen LogP contribution < -0.4 is 10.6 Å². The van der Waals surface area contributed by atoms with Gasteiger partial charge in [0.2, 0.25) is 0 Å². The minimum Gasteiger partial charge on any atom is -0.340 e. The predicted octanol–water partition coefficient (Wildman–Crippen LogP) is 5.59. The monoisotopic (exact) mass is 360 g/mol. The summed E-state index contributed by atoms with van der Waals surface area (Å²) < 4.78 is 1.54. The Kier molecular flexibility index (Phi) is 5.19. The molecule has 0 spiro atoms. The van der Waals surface area contributed by atoms with Crippen molar-refractivity contribution in [2.75, 3.05) is 10.6 Å². The minimum atomic E-state index is 0.0551. The van der Waals surface area contributed by atoms with E-state index in [1.807, 2.05) is 66.7 Å². The van der Waals surface area contributed by atoms with Gasteiger partial charge in [-0.25, -0.2) is 0 Å². The second kappa shape index (κ2) is 8.08. The third kappa shape index (κ3) is 4.19. The lowest BCUT2D eigenvalue weighted by Crippen LogP contribution is -2.25. The second-order valence-electron chi connectivity index (χ2n) is 6.98. The molecule has 1 aromatic heterocycles. The summed E-state index contributed by atoms with van der Waals surface area (Å²) in [6.07, 6.45) is 5.36. The number of aromatic nitrogens is 2. The maximum Gasteiger partial charge on any atom is 0.251 e. The molecule has 1 aliphatic carbocycles. The number of hydrogen-bond donors (Lipinski definition) is 2. The van der Waals surface area contributed by atoms with Gasteiger partial charge in [0, 0.05) is 23.4 Å². The molecule has 0 unspecified atom stereocenters. The molecule has 1 heterocycles. The van der Waals surface area contributed by atoms with Gasteiger partial charge < -0.3 is 10.6 Å². The summed E-state index contributed by atoms with van der Waals surface area (Å²) in [5.74, 6) is 1.48. The van der Waals surface area contributed by atoms with E-state index in [0.29, 0.717) is 11.6 Å². The highest BCUT2D eigenvalue weighted by molar-refractivity contribution is 5.85. The number of rotatable bonds is 5. The molecule has 5 heteroatoms. The van der Waals surface area contributed by atoms with Gasteiger partial charge in [-0.3, -0.25) is 4.79 Å². The Morgan fingerprint density at radius 2 is 1.44 bits per heavy atom. The highest BCUT2D eigenvalue weighted by Gasteiger charge is 2.25. The Labute approximate surface area is 159 Å². The maximum absolute atomic E-state index is 13.1. The molecule has 138 valence electrons. The molecule has 0 amide bonds. The van der Waals surface area contributed by atoms with E-state index in [0.717, 1.165) is 37.1 Å². The smallest absolute Gasteiger partial charge is 0.251 e. The van der Waals surface area contributed by atoms with Gasteiger partial charge in [0.1, 0.15) is 5.82 Å². The summed E-state index contributed by atoms with van der Waals surface area (Å²) >= 11 is 0. The summed E-state index contributed by atoms with van der Waals surface area (Å²) in [6.45, 7) is 0. The lowest BCUT2D eigenvalue weighted by Gasteiger charge is -2.20. The summed E-state index contributed by atoms with van der Waals surface area (Å²) in [4.78, 5) is 13.1. The SMILES string of the molecule is O=C(C1CCCCC1)n1nc(Nc2ccccc2)cc1Nc1ccccc1. The van der Waals surface area contributed by atoms with Gasteiger partial charge in [0.15, 0.2) is 5.82 Å². The first-order valence-electron chi connectivity index (χ1n) is 9.58. The molecule has 1 saturated carbocycles. The van der Waals surface area contributed by atoms with Gasteiger partial charge >= 0.3 is 0 Å². The van der Waals surface area contributed by atoms with E-state index >= 15 is 0 Å². The van der Waals surface area contributed by atoms with Crippen LogP contribution >= 0.6 is 0 Å². The topological polar surface area (TPSA) is 59.0 Å². The second-order valence-corrected chi connectivity index (χ2v) is 6.98. The number of hydrogen-bond acceptors (Lipinski definition) is 4. The summed E-state index contributed by atoms with van der Waals surface area (Å²) in [5, 5.41) is 11.2. The Bertz CT molecular complexity index is 883. The molecule has 0 radical (unpaired) electrons. The molecule has 2 N–H and O–H groups in total. The van der Waals surface area contributed by atoms with Crippen molar-refractivity contribution in [1.29, 1.82) is 0 Å². The van der Waals surface area contributed by atoms with Gasteiger partial charge in [0.05, 0.1) is 0 Å². The van der Waals surface area contributed by atoms with E-state index in [1.54, 1.807) is 0 Å². The van der Waals surface area contributed by atoms with Crippen LogP contribution in [-0.2, 0) is 0 Å². The molecule has 0 bridgehead atoms. The van der Waals surface area contributed by atoms with Gasteiger partial charge in [-0.05, 0) is 37.1 Å². The Morgan fingerprint density at radius 1 is 0.852 bits per heavy atom. The number of carbonyl (C=O) groups is 1. The van der Waals surface area contributed by atoms with Crippen molar-refractivity contribution in [1.82, 2.24) is 9.78 Å². The zero-order chi connectivity index (χ0) is 18.5. The number of anilines is 4. The van der Waals surface area contributed by atoms with Gasteiger partial charge in [0.25, 0.3) is 5.91 Å². The molecule has 2 aromatic carbocycles. The lowest BCUT2D eigenvalue weighted by molar-refractivity contribution is 0.0788. The third-order valence-corrected chi connectivity index (χ3v) is 4.96. The molecule has 5 nitrogen and oxygen atoms in total. The first kappa shape index (κ1) is 17.3. The molecular formula is C22H24N4O. The number of nitrogens with zero attached hydrogens (tertiary/aromatic N) is 2. The molecule has 0 saturated heterocycles. The Balaban J connectivity index is 1.63. The van der Waals surface area contributed by atoms with Crippen LogP contribution in [0.15, 0.2) is 66.7 Å². The molecule has 1 aliphatic rings. The van der Waals surface area contributed by atoms with Crippen molar-refractivity contribution in [3.8, 4) is 0 Å². The van der Waals surface area contributed by atoms with Crippen LogP contribution in [0.1, 0.15) is 36.9 Å². The van der Waals surface area contributed by atoms with E-state index in [-0.39, 0.29) is 11.8 Å². The predicted molar refractivity (Wildman–Crippen MR) is 109 cm³/mol. The quantitative estimate of drug-likeness (QED) is 0.622. The number of nitrogens with one attached hydrogen (secondary N) is 2. The van der Waals surface area contributed by atoms with Gasteiger partial charge in [-0.1, -0.05) is 55.7 Å². The van der Waals surface area contributed by atoms with E-state index in [4.69, 9.17) is 0 Å². The van der Waals surface area contributed by atoms with E-state index in [9.17, 15) is 4.79 Å². The van der Waals surface area contributed by atoms with Crippen LogP contribution in [0.5, 0.6) is 0 Å². The van der Waals surface area contributed by atoms with Crippen molar-refractivity contribution >= 4 is 28.9 Å². The Hall–Kier alpha value is -3.08. The first-order chi connectivity index (χ1) is 13.3. The first-order valence-corrected chi connectivity index (χ1v) is 9.58. The van der Waals surface area contributed by atoms with E-state index in [2.05, 4.69) is 15.7 Å². The number of benzene rings is 2. The van der Waals surface area contributed by atoms with Gasteiger partial charge in [-0.15, -0.1) is 5.10 Å². The molecule has 4 rings (SSSR count). The molecular weight excluding hydrogens is 336 g/mol. The minimum absolute atomic E-state index is 0.0551. The fourth-order valence-corrected chi connectivity index (χ4v) is 3.56. The molecule has 0 aliphatic heterocycles. The fourth-order valence-electron chi connectivity index (χ4n) is 3.56. The van der Waals surface area contributed by atoms with Crippen molar-refractivity contribution in [3.05, 3.63) is 66.7 Å². The van der Waals surface area contributed by atoms with Crippen LogP contribution in [0, 0.1) is 5.92 Å². The normalized spacial score (nSPS) is 14.7. The largest absolute Gasteiger partial charge is 0.340 e. The average Bonchev–Trinajstić information content (AvgIpc) is 3.11. The fraction of sp³-hybridized carbons (Fsp3) is 0.273. The van der Waals surface area contributed by atoms with Crippen molar-refractivity contribution < 1.29 is 4.79 Å². The van der Waals surface area contributed by atoms with E-state index in [1.165, 1.54) is 11.1 Å². The Morgan fingerprint density at radius 3 is 2.07 bits per heavy atom. The summed E-state index contributed by atoms with van der Waals surface area (Å²) in [5.41, 5.74) is 1.87. The maximum atomic E-state index is 13.1. The third-order valence-electron chi connectivity index (χ3n) is 4.96. The summed E-state index contributed by atoms with van der Waals surface area (Å²) in [6, 6.07) is 21.6. The van der Waals surface area contributed by atoms with Crippen LogP contribution in [-0.4, -0.2) is 15.7 Å². The van der Waals surface area contributed by atoms with Crippen LogP contribution in [0.2, 0.25) is 0 Å². The number of carbonyl (C=O) groups excluding carboxylic acids is 1. The van der Waals surface area contributed by atoms with Gasteiger partial charge in [-0.2, -0.15) is 4.68 Å². The zero-order valence-electron chi connectivity index (χ0n) is 15.3. The van der Waals surface area contributed by atoms with Crippen LogP contribution in [0.4, 0.5) is 23.0 Å². The molecule has 0 atom stereocenters. The zero-order valence-corrected chi connectivity index (χ0v) is 15.3. The number of para-hydroxylation sites is 2. The van der Waals surface area contributed by atoms with Crippen LogP contribution in [0.3, 0.4) is 0 Å². The lowest BCUT2D eigenvalue weighted by atomic mass is 9.89. The molecule has 27 heavy (non-hydrogen) atoms. The summed E-state index contributed by atoms with van der Waals surface area (Å²) in [7, 11) is 0. The van der Waals surface area contributed by atoms with Crippen molar-refractivity contribution in [2.24, 2.45) is 5.92 Å². The standard InChI is InChI=1S/C22H24N4O/c27-22(17-10-4-1-5-11-17)26-21(24-19-14-8-3-9-15-19)16-20(25-26)23-18-12-6-2-7-13-18/h2-3,6-9,12-17,24H,1,4-5,10-11H2,(H,23,25). The van der Waals surface area contributed by atoms with Crippen molar-refractivity contribution in [3.63, 3.8) is 0 Å². The molecule has 3 aromatic rings. The average molecular weight is 360 g/mol. The van der Waals surface area contributed by atoms with Crippen LogP contribution in [0.25, 0.3) is 0 Å². The highest BCUT2D eigenvalue weighted by Crippen LogP contribution is 2.28.